The van der Waals surface area contributed by atoms with E-state index >= 15 is 0 Å². The lowest BCUT2D eigenvalue weighted by Crippen LogP contribution is -2.29. The molecule has 0 unspecified atom stereocenters. The zero-order valence-electron chi connectivity index (χ0n) is 8.81. The molecular formula is C9H17N5. The number of nitrogens with one attached hydrogen (secondary N) is 1. The molecule has 5 nitrogen and oxygen atoms in total. The summed E-state index contributed by atoms with van der Waals surface area (Å²) in [6.45, 7) is 4.00. The number of anilines is 1. The molecule has 1 rings (SSSR count). The number of rotatable bonds is 3. The third-order valence-corrected chi connectivity index (χ3v) is 1.35. The standard InChI is InChI=1S/C7H11N5.C2H6/c1-9-12(11-10-8)7-5-3-2-4-6-7;1-2/h2-6,9H,1H3,(H2,8,11);1-2H3. The Morgan fingerprint density at radius 1 is 1.21 bits per heavy atom. The van der Waals surface area contributed by atoms with E-state index in [1.54, 1.807) is 7.05 Å². The van der Waals surface area contributed by atoms with E-state index in [4.69, 9.17) is 5.84 Å². The van der Waals surface area contributed by atoms with Crippen LogP contribution in [0.3, 0.4) is 0 Å². The van der Waals surface area contributed by atoms with Crippen LogP contribution < -0.4 is 16.4 Å². The number of nitrogens with zero attached hydrogens (tertiary/aromatic N) is 3. The van der Waals surface area contributed by atoms with Crippen molar-refractivity contribution in [3.05, 3.63) is 30.3 Å². The fourth-order valence-corrected chi connectivity index (χ4v) is 0.846. The van der Waals surface area contributed by atoms with Crippen LogP contribution in [-0.4, -0.2) is 7.05 Å². The van der Waals surface area contributed by atoms with Crippen molar-refractivity contribution >= 4 is 5.69 Å². The molecule has 1 aromatic carbocycles. The molecule has 5 heteroatoms. The van der Waals surface area contributed by atoms with Crippen molar-refractivity contribution in [2.45, 2.75) is 13.8 Å². The van der Waals surface area contributed by atoms with Gasteiger partial charge < -0.3 is 5.84 Å². The van der Waals surface area contributed by atoms with Gasteiger partial charge in [0, 0.05) is 7.05 Å². The fraction of sp³-hybridized carbons (Fsp3) is 0.333. The topological polar surface area (TPSA) is 66.0 Å². The van der Waals surface area contributed by atoms with Crippen LogP contribution in [0, 0.1) is 0 Å². The molecule has 1 aromatic rings. The van der Waals surface area contributed by atoms with Crippen LogP contribution in [-0.2, 0) is 0 Å². The Kier molecular flexibility index (Phi) is 7.07. The molecule has 0 aliphatic heterocycles. The molecule has 0 aliphatic carbocycles. The van der Waals surface area contributed by atoms with Gasteiger partial charge in [-0.25, -0.2) is 5.43 Å². The highest BCUT2D eigenvalue weighted by atomic mass is 15.7. The molecule has 0 amide bonds. The van der Waals surface area contributed by atoms with Crippen molar-refractivity contribution in [2.24, 2.45) is 16.3 Å². The van der Waals surface area contributed by atoms with Crippen molar-refractivity contribution in [2.75, 3.05) is 12.2 Å². The minimum absolute atomic E-state index is 0.884. The summed E-state index contributed by atoms with van der Waals surface area (Å²) in [6, 6.07) is 9.53. The summed E-state index contributed by atoms with van der Waals surface area (Å²) in [7, 11) is 1.74. The summed E-state index contributed by atoms with van der Waals surface area (Å²) >= 11 is 0. The van der Waals surface area contributed by atoms with Gasteiger partial charge >= 0.3 is 0 Å². The van der Waals surface area contributed by atoms with Crippen LogP contribution in [0.4, 0.5) is 5.69 Å². The van der Waals surface area contributed by atoms with Crippen molar-refractivity contribution in [1.29, 1.82) is 0 Å². The molecular weight excluding hydrogens is 178 g/mol. The van der Waals surface area contributed by atoms with Crippen molar-refractivity contribution in [3.63, 3.8) is 0 Å². The molecule has 14 heavy (non-hydrogen) atoms. The third-order valence-electron chi connectivity index (χ3n) is 1.35. The largest absolute Gasteiger partial charge is 0.303 e. The van der Waals surface area contributed by atoms with Gasteiger partial charge in [0.15, 0.2) is 0 Å². The first-order valence-corrected chi connectivity index (χ1v) is 4.52. The molecule has 0 saturated carbocycles. The highest BCUT2D eigenvalue weighted by Crippen LogP contribution is 2.10. The van der Waals surface area contributed by atoms with E-state index < -0.39 is 0 Å². The van der Waals surface area contributed by atoms with Crippen LogP contribution in [0.15, 0.2) is 40.8 Å². The van der Waals surface area contributed by atoms with Crippen molar-refractivity contribution in [1.82, 2.24) is 5.43 Å². The normalized spacial score (nSPS) is 9.36. The molecule has 0 radical (unpaired) electrons. The van der Waals surface area contributed by atoms with E-state index in [0.29, 0.717) is 0 Å². The van der Waals surface area contributed by atoms with E-state index in [9.17, 15) is 0 Å². The van der Waals surface area contributed by atoms with E-state index in [1.807, 2.05) is 44.2 Å². The van der Waals surface area contributed by atoms with Gasteiger partial charge in [0.2, 0.25) is 0 Å². The van der Waals surface area contributed by atoms with Gasteiger partial charge in [0.1, 0.15) is 0 Å². The Labute approximate surface area is 84.5 Å². The molecule has 0 saturated heterocycles. The minimum Gasteiger partial charge on any atom is -0.303 e. The highest BCUT2D eigenvalue weighted by Gasteiger charge is 1.98. The summed E-state index contributed by atoms with van der Waals surface area (Å²) in [5, 5.41) is 8.28. The first-order chi connectivity index (χ1) is 6.88. The van der Waals surface area contributed by atoms with Gasteiger partial charge in [-0.2, -0.15) is 5.12 Å². The van der Waals surface area contributed by atoms with Gasteiger partial charge in [-0.15, -0.1) is 0 Å². The summed E-state index contributed by atoms with van der Waals surface area (Å²) in [4.78, 5) is 0. The average molecular weight is 195 g/mol. The molecule has 0 spiro atoms. The van der Waals surface area contributed by atoms with Gasteiger partial charge in [0.25, 0.3) is 0 Å². The molecule has 0 fully saturated rings. The summed E-state index contributed by atoms with van der Waals surface area (Å²) in [5.41, 5.74) is 3.70. The Balaban J connectivity index is 0.000000791. The molecule has 3 N–H and O–H groups in total. The van der Waals surface area contributed by atoms with E-state index in [2.05, 4.69) is 15.9 Å². The molecule has 78 valence electrons. The maximum absolute atomic E-state index is 4.92. The zero-order chi connectivity index (χ0) is 10.8. The number of para-hydroxylation sites is 1. The number of nitrogens with two attached hydrogens (primary N) is 1. The van der Waals surface area contributed by atoms with Gasteiger partial charge in [-0.1, -0.05) is 37.3 Å². The van der Waals surface area contributed by atoms with Gasteiger partial charge in [0.05, 0.1) is 5.69 Å². The molecule has 0 bridgehead atoms. The Morgan fingerprint density at radius 2 is 1.79 bits per heavy atom. The summed E-state index contributed by atoms with van der Waals surface area (Å²) in [5.74, 6) is 4.92. The van der Waals surface area contributed by atoms with Crippen molar-refractivity contribution < 1.29 is 0 Å². The van der Waals surface area contributed by atoms with Crippen LogP contribution in [0.25, 0.3) is 0 Å². The van der Waals surface area contributed by atoms with Crippen LogP contribution in [0.2, 0.25) is 0 Å². The van der Waals surface area contributed by atoms with E-state index in [0.717, 1.165) is 5.69 Å². The van der Waals surface area contributed by atoms with E-state index in [1.165, 1.54) is 5.12 Å². The third kappa shape index (κ3) is 3.86. The molecule has 0 heterocycles. The predicted molar refractivity (Wildman–Crippen MR) is 58.4 cm³/mol. The second-order valence-corrected chi connectivity index (χ2v) is 2.08. The molecule has 0 atom stereocenters. The average Bonchev–Trinajstić information content (AvgIpc) is 2.30. The van der Waals surface area contributed by atoms with Gasteiger partial charge in [-0.05, 0) is 17.4 Å². The maximum atomic E-state index is 4.92. The first kappa shape index (κ1) is 12.4. The monoisotopic (exact) mass is 195 g/mol. The van der Waals surface area contributed by atoms with E-state index in [-0.39, 0.29) is 0 Å². The number of benzene rings is 1. The minimum atomic E-state index is 0.884. The lowest BCUT2D eigenvalue weighted by molar-refractivity contribution is 0.689. The van der Waals surface area contributed by atoms with Gasteiger partial charge in [-0.3, -0.25) is 0 Å². The smallest absolute Gasteiger partial charge is 0.0796 e. The number of hydrogen-bond acceptors (Lipinski definition) is 3. The predicted octanol–water partition coefficient (Wildman–Crippen LogP) is 1.89. The Morgan fingerprint density at radius 3 is 2.21 bits per heavy atom. The summed E-state index contributed by atoms with van der Waals surface area (Å²) < 4.78 is 0. The molecule has 0 aliphatic rings. The lowest BCUT2D eigenvalue weighted by atomic mass is 10.3. The SMILES string of the molecule is CC.CNN(/N=N\N)c1ccccc1. The summed E-state index contributed by atoms with van der Waals surface area (Å²) in [6.07, 6.45) is 0. The zero-order valence-corrected chi connectivity index (χ0v) is 8.81. The fourth-order valence-electron chi connectivity index (χ4n) is 0.846. The Bertz CT molecular complexity index is 247. The second-order valence-electron chi connectivity index (χ2n) is 2.08. The highest BCUT2D eigenvalue weighted by molar-refractivity contribution is 5.43. The van der Waals surface area contributed by atoms with Crippen LogP contribution >= 0.6 is 0 Å². The maximum Gasteiger partial charge on any atom is 0.0796 e. The first-order valence-electron chi connectivity index (χ1n) is 4.52. The van der Waals surface area contributed by atoms with Crippen molar-refractivity contribution in [3.8, 4) is 0 Å². The second kappa shape index (κ2) is 8.00. The van der Waals surface area contributed by atoms with Crippen LogP contribution in [0.1, 0.15) is 13.8 Å². The lowest BCUT2D eigenvalue weighted by Gasteiger charge is -2.14. The number of hydrazine groups is 1. The number of hydrogen-bond donors (Lipinski definition) is 2. The van der Waals surface area contributed by atoms with Crippen LogP contribution in [0.5, 0.6) is 0 Å². The molecule has 0 aromatic heterocycles. The quantitative estimate of drug-likeness (QED) is 0.440. The Hall–Kier alpha value is -1.62.